The maximum absolute atomic E-state index is 11.6. The van der Waals surface area contributed by atoms with Gasteiger partial charge in [-0.15, -0.1) is 0 Å². The molecule has 2 fully saturated rings. The van der Waals surface area contributed by atoms with Gasteiger partial charge in [-0.25, -0.2) is 6.57 Å². The summed E-state index contributed by atoms with van der Waals surface area (Å²) < 4.78 is 0. The maximum Gasteiger partial charge on any atom is 0.274 e. The Kier molecular flexibility index (Phi) is 5.15. The number of rotatable bonds is 2. The van der Waals surface area contributed by atoms with E-state index in [4.69, 9.17) is 6.57 Å². The lowest BCUT2D eigenvalue weighted by Gasteiger charge is -2.37. The second-order valence-electron chi connectivity index (χ2n) is 6.99. The molecule has 3 rings (SSSR count). The quantitative estimate of drug-likeness (QED) is 0.785. The number of carbonyl (C=O) groups excluding carboxylic acids is 1. The highest BCUT2D eigenvalue weighted by atomic mass is 16.2. The summed E-state index contributed by atoms with van der Waals surface area (Å²) in [6, 6.07) is 6.42. The summed E-state index contributed by atoms with van der Waals surface area (Å²) >= 11 is 0. The topological polar surface area (TPSA) is 40.8 Å². The van der Waals surface area contributed by atoms with Crippen LogP contribution in [0.2, 0.25) is 0 Å². The molecule has 0 bridgehead atoms. The molecule has 1 aliphatic heterocycles. The van der Waals surface area contributed by atoms with Gasteiger partial charge in [0.15, 0.2) is 0 Å². The molecule has 2 heterocycles. The first-order valence-corrected chi connectivity index (χ1v) is 8.94. The molecule has 0 atom stereocenters. The van der Waals surface area contributed by atoms with Gasteiger partial charge in [0.05, 0.1) is 0 Å². The highest BCUT2D eigenvalue weighted by molar-refractivity contribution is 5.73. The lowest BCUT2D eigenvalue weighted by atomic mass is 9.77. The summed E-state index contributed by atoms with van der Waals surface area (Å²) in [5.74, 6) is 0.183. The summed E-state index contributed by atoms with van der Waals surface area (Å²) in [6.07, 6.45) is 6.68. The third kappa shape index (κ3) is 3.44. The third-order valence-electron chi connectivity index (χ3n) is 5.63. The van der Waals surface area contributed by atoms with Crippen molar-refractivity contribution in [1.82, 2.24) is 14.8 Å². The monoisotopic (exact) mass is 326 g/mol. The van der Waals surface area contributed by atoms with Crippen molar-refractivity contribution in [3.63, 3.8) is 0 Å². The fraction of sp³-hybridized carbons (Fsp3) is 0.632. The van der Waals surface area contributed by atoms with Crippen LogP contribution in [-0.4, -0.2) is 52.9 Å². The number of amides is 1. The number of aromatic nitrogens is 1. The summed E-state index contributed by atoms with van der Waals surface area (Å²) in [7, 11) is 0. The van der Waals surface area contributed by atoms with Crippen LogP contribution in [0.4, 0.5) is 0 Å². The van der Waals surface area contributed by atoms with E-state index in [1.807, 2.05) is 23.1 Å². The van der Waals surface area contributed by atoms with Crippen LogP contribution in [0.1, 0.15) is 44.7 Å². The van der Waals surface area contributed by atoms with Gasteiger partial charge in [-0.1, -0.05) is 6.07 Å². The van der Waals surface area contributed by atoms with E-state index < -0.39 is 5.54 Å². The zero-order valence-corrected chi connectivity index (χ0v) is 14.4. The molecule has 1 saturated heterocycles. The summed E-state index contributed by atoms with van der Waals surface area (Å²) in [4.78, 5) is 24.5. The van der Waals surface area contributed by atoms with Crippen molar-refractivity contribution in [1.29, 1.82) is 0 Å². The van der Waals surface area contributed by atoms with E-state index in [2.05, 4.69) is 14.7 Å². The first kappa shape index (κ1) is 16.9. The van der Waals surface area contributed by atoms with Crippen LogP contribution in [0, 0.1) is 6.57 Å². The summed E-state index contributed by atoms with van der Waals surface area (Å²) in [5.41, 5.74) is 0.492. The van der Waals surface area contributed by atoms with Gasteiger partial charge < -0.3 is 9.74 Å². The predicted octanol–water partition coefficient (Wildman–Crippen LogP) is 2.69. The molecule has 2 aliphatic rings. The van der Waals surface area contributed by atoms with E-state index >= 15 is 0 Å². The largest absolute Gasteiger partial charge is 0.342 e. The highest BCUT2D eigenvalue weighted by Gasteiger charge is 2.45. The Labute approximate surface area is 144 Å². The summed E-state index contributed by atoms with van der Waals surface area (Å²) in [5, 5.41) is 0. The Bertz CT molecular complexity index is 602. The van der Waals surface area contributed by atoms with Crippen LogP contribution in [0.5, 0.6) is 0 Å². The van der Waals surface area contributed by atoms with Gasteiger partial charge in [0.1, 0.15) is 5.69 Å². The zero-order chi connectivity index (χ0) is 17.0. The maximum atomic E-state index is 11.6. The highest BCUT2D eigenvalue weighted by Crippen LogP contribution is 2.41. The molecule has 1 aromatic heterocycles. The first-order chi connectivity index (χ1) is 11.6. The molecule has 1 aliphatic carbocycles. The average Bonchev–Trinajstić information content (AvgIpc) is 2.89. The fourth-order valence-electron chi connectivity index (χ4n) is 4.13. The Balaban J connectivity index is 1.62. The van der Waals surface area contributed by atoms with Gasteiger partial charge in [0.25, 0.3) is 5.54 Å². The molecule has 1 amide bonds. The minimum absolute atomic E-state index is 0.183. The van der Waals surface area contributed by atoms with E-state index in [1.165, 1.54) is 0 Å². The van der Waals surface area contributed by atoms with Crippen molar-refractivity contribution in [2.75, 3.05) is 26.2 Å². The lowest BCUT2D eigenvalue weighted by Crippen LogP contribution is -2.43. The molecule has 0 spiro atoms. The molecule has 5 nitrogen and oxygen atoms in total. The molecule has 5 heteroatoms. The number of hydrogen-bond acceptors (Lipinski definition) is 3. The normalized spacial score (nSPS) is 28.8. The minimum atomic E-state index is -0.435. The van der Waals surface area contributed by atoms with Crippen LogP contribution >= 0.6 is 0 Å². The van der Waals surface area contributed by atoms with Crippen molar-refractivity contribution in [3.8, 4) is 0 Å². The van der Waals surface area contributed by atoms with Crippen LogP contribution in [0.3, 0.4) is 0 Å². The molecule has 1 aromatic rings. The summed E-state index contributed by atoms with van der Waals surface area (Å²) in [6.45, 7) is 13.1. The Morgan fingerprint density at radius 2 is 2.04 bits per heavy atom. The standard InChI is InChI=1S/C19H26N4O/c1-16(24)22-12-5-13-23(15-14-22)17-7-9-19(20-2,10-8-17)18-6-3-4-11-21-18/h3-4,6,11,17H,5,7-10,12-15H2,1H3. The number of nitrogens with zero attached hydrogens (tertiary/aromatic N) is 4. The first-order valence-electron chi connectivity index (χ1n) is 8.94. The molecule has 0 radical (unpaired) electrons. The number of hydrogen-bond donors (Lipinski definition) is 0. The van der Waals surface area contributed by atoms with Gasteiger partial charge in [-0.05, 0) is 31.4 Å². The van der Waals surface area contributed by atoms with Gasteiger partial charge in [0, 0.05) is 58.2 Å². The second-order valence-corrected chi connectivity index (χ2v) is 6.99. The molecule has 0 unspecified atom stereocenters. The molecular weight excluding hydrogens is 300 g/mol. The van der Waals surface area contributed by atoms with Gasteiger partial charge >= 0.3 is 0 Å². The number of carbonyl (C=O) groups is 1. The fourth-order valence-corrected chi connectivity index (χ4v) is 4.13. The van der Waals surface area contributed by atoms with Crippen molar-refractivity contribution in [2.45, 2.75) is 50.6 Å². The molecule has 0 aromatic carbocycles. The Morgan fingerprint density at radius 1 is 1.25 bits per heavy atom. The van der Waals surface area contributed by atoms with E-state index in [0.717, 1.165) is 64.0 Å². The Morgan fingerprint density at radius 3 is 2.67 bits per heavy atom. The molecule has 24 heavy (non-hydrogen) atoms. The van der Waals surface area contributed by atoms with Gasteiger partial charge in [-0.2, -0.15) is 0 Å². The molecule has 128 valence electrons. The van der Waals surface area contributed by atoms with E-state index in [-0.39, 0.29) is 5.91 Å². The number of pyridine rings is 1. The minimum Gasteiger partial charge on any atom is -0.342 e. The van der Waals surface area contributed by atoms with Crippen molar-refractivity contribution < 1.29 is 4.79 Å². The van der Waals surface area contributed by atoms with Crippen LogP contribution in [-0.2, 0) is 10.3 Å². The van der Waals surface area contributed by atoms with Crippen LogP contribution in [0.15, 0.2) is 24.4 Å². The van der Waals surface area contributed by atoms with Crippen LogP contribution in [0.25, 0.3) is 4.85 Å². The lowest BCUT2D eigenvalue weighted by molar-refractivity contribution is -0.128. The second kappa shape index (κ2) is 7.31. The zero-order valence-electron chi connectivity index (χ0n) is 14.4. The van der Waals surface area contributed by atoms with E-state index in [1.54, 1.807) is 13.1 Å². The van der Waals surface area contributed by atoms with Gasteiger partial charge in [-0.3, -0.25) is 14.7 Å². The molecule has 0 N–H and O–H groups in total. The van der Waals surface area contributed by atoms with Crippen LogP contribution < -0.4 is 0 Å². The predicted molar refractivity (Wildman–Crippen MR) is 93.2 cm³/mol. The van der Waals surface area contributed by atoms with E-state index in [9.17, 15) is 4.79 Å². The SMILES string of the molecule is [C-]#[N+]C1(c2ccccn2)CCC(N2CCCN(C(C)=O)CC2)CC1. The van der Waals surface area contributed by atoms with Crippen molar-refractivity contribution in [2.24, 2.45) is 0 Å². The van der Waals surface area contributed by atoms with Gasteiger partial charge in [0.2, 0.25) is 5.91 Å². The van der Waals surface area contributed by atoms with Crippen molar-refractivity contribution >= 4 is 5.91 Å². The Hall–Kier alpha value is -1.93. The molecular formula is C19H26N4O. The van der Waals surface area contributed by atoms with E-state index in [0.29, 0.717) is 6.04 Å². The molecule has 1 saturated carbocycles. The smallest absolute Gasteiger partial charge is 0.274 e. The third-order valence-corrected chi connectivity index (χ3v) is 5.63. The average molecular weight is 326 g/mol. The van der Waals surface area contributed by atoms with Crippen molar-refractivity contribution in [3.05, 3.63) is 41.5 Å².